The topological polar surface area (TPSA) is 138 Å². The molecule has 2 heterocycles. The van der Waals surface area contributed by atoms with Crippen molar-refractivity contribution in [2.45, 2.75) is 108 Å². The number of carbonyl (C=O) groups excluding carboxylic acids is 4. The molecule has 1 N–H and O–H groups in total. The molecule has 0 amide bonds. The molecule has 4 fully saturated rings. The van der Waals surface area contributed by atoms with Gasteiger partial charge in [-0.25, -0.2) is 0 Å². The van der Waals surface area contributed by atoms with E-state index in [0.717, 1.165) is 0 Å². The molecule has 4 aliphatic rings. The van der Waals surface area contributed by atoms with Crippen molar-refractivity contribution >= 4 is 35.5 Å². The van der Waals surface area contributed by atoms with E-state index in [1.54, 1.807) is 13.8 Å². The average Bonchev–Trinajstić information content (AvgIpc) is 3.58. The maximum atomic E-state index is 13.0. The van der Waals surface area contributed by atoms with Gasteiger partial charge >= 0.3 is 23.9 Å². The van der Waals surface area contributed by atoms with Crippen LogP contribution in [0.5, 0.6) is 0 Å². The quantitative estimate of drug-likeness (QED) is 0.176. The van der Waals surface area contributed by atoms with E-state index in [4.69, 9.17) is 35.3 Å². The Bertz CT molecular complexity index is 1050. The third-order valence-corrected chi connectivity index (χ3v) is 9.73. The van der Waals surface area contributed by atoms with Crippen LogP contribution in [0.25, 0.3) is 0 Å². The third kappa shape index (κ3) is 4.86. The molecule has 218 valence electrons. The number of hydrogen-bond donors (Lipinski definition) is 1. The summed E-state index contributed by atoms with van der Waals surface area (Å²) in [5.41, 5.74) is -3.74. The van der Waals surface area contributed by atoms with Gasteiger partial charge in [0.1, 0.15) is 18.3 Å². The Morgan fingerprint density at radius 2 is 1.69 bits per heavy atom. The van der Waals surface area contributed by atoms with Crippen LogP contribution in [0.1, 0.15) is 67.2 Å². The van der Waals surface area contributed by atoms with Gasteiger partial charge in [0, 0.05) is 19.8 Å². The van der Waals surface area contributed by atoms with E-state index in [9.17, 15) is 24.3 Å². The molecule has 1 spiro atoms. The predicted molar refractivity (Wildman–Crippen MR) is 137 cm³/mol. The molecule has 0 bridgehead atoms. The van der Waals surface area contributed by atoms with Gasteiger partial charge in [-0.15, -0.1) is 11.6 Å². The van der Waals surface area contributed by atoms with E-state index in [2.05, 4.69) is 6.58 Å². The van der Waals surface area contributed by atoms with Crippen molar-refractivity contribution in [2.75, 3.05) is 6.61 Å². The Hall–Kier alpha value is -2.17. The Morgan fingerprint density at radius 3 is 2.23 bits per heavy atom. The van der Waals surface area contributed by atoms with E-state index in [-0.39, 0.29) is 19.4 Å². The van der Waals surface area contributed by atoms with Gasteiger partial charge in [0.05, 0.1) is 34.8 Å². The first-order valence-electron chi connectivity index (χ1n) is 13.5. The van der Waals surface area contributed by atoms with Gasteiger partial charge in [0.2, 0.25) is 0 Å². The van der Waals surface area contributed by atoms with E-state index in [0.29, 0.717) is 18.4 Å². The largest absolute Gasteiger partial charge is 0.462 e. The number of ether oxygens (including phenoxy) is 5. The maximum absolute atomic E-state index is 13.0. The van der Waals surface area contributed by atoms with Crippen molar-refractivity contribution in [3.05, 3.63) is 12.2 Å². The first-order chi connectivity index (χ1) is 18.1. The lowest BCUT2D eigenvalue weighted by molar-refractivity contribution is -0.245. The first kappa shape index (κ1) is 29.8. The molecule has 1 unspecified atom stereocenters. The number of epoxide rings is 1. The molecule has 11 heteroatoms. The fourth-order valence-electron chi connectivity index (χ4n) is 6.93. The first-order valence-corrected chi connectivity index (χ1v) is 14.0. The molecule has 2 aliphatic carbocycles. The standard InChI is InChI=1S/C28H39ClO10/c1-13(2)24(32)38-18-9-8-14(3)20(29)22-28(34,15(4)25(33)39-22)23(37-17(6)31)21-26(18,7)19(36-16(5)30)10-11-27(21)12-35-27/h13,15,18-23,34H,3,8-12H2,1-2,4-7H3/t15-,18-,19-,20-,21+,22-,23?,26-,27-,28-/m0/s1. The second-order valence-corrected chi connectivity index (χ2v) is 12.5. The van der Waals surface area contributed by atoms with Gasteiger partial charge < -0.3 is 28.8 Å². The Morgan fingerprint density at radius 1 is 1.10 bits per heavy atom. The minimum absolute atomic E-state index is 0.253. The highest BCUT2D eigenvalue weighted by molar-refractivity contribution is 6.23. The summed E-state index contributed by atoms with van der Waals surface area (Å²) in [6.45, 7) is 13.6. The molecule has 10 nitrogen and oxygen atoms in total. The van der Waals surface area contributed by atoms with Crippen LogP contribution in [-0.2, 0) is 42.9 Å². The second kappa shape index (κ2) is 10.3. The summed E-state index contributed by atoms with van der Waals surface area (Å²) >= 11 is 6.81. The second-order valence-electron chi connectivity index (χ2n) is 12.0. The number of carbonyl (C=O) groups is 4. The van der Waals surface area contributed by atoms with Crippen LogP contribution in [-0.4, -0.2) is 76.6 Å². The highest BCUT2D eigenvalue weighted by atomic mass is 35.5. The highest BCUT2D eigenvalue weighted by Crippen LogP contribution is 2.62. The van der Waals surface area contributed by atoms with Crippen LogP contribution >= 0.6 is 11.6 Å². The summed E-state index contributed by atoms with van der Waals surface area (Å²) in [7, 11) is 0. The summed E-state index contributed by atoms with van der Waals surface area (Å²) < 4.78 is 29.6. The van der Waals surface area contributed by atoms with Gasteiger partial charge in [-0.3, -0.25) is 19.2 Å². The molecule has 0 aromatic carbocycles. The van der Waals surface area contributed by atoms with Crippen LogP contribution in [0, 0.1) is 23.2 Å². The SMILES string of the molecule is C=C1CC[C@H](OC(=O)C(C)C)[C@@]2(C)[C@@H](OC(C)=O)CC[C@]3(CO3)[C@@H]2C(OC(C)=O)[C@]2(O)[C@@H](C)C(=O)O[C@H]2[C@H]1Cl. The smallest absolute Gasteiger partial charge is 0.312 e. The van der Waals surface area contributed by atoms with E-state index in [1.165, 1.54) is 20.8 Å². The average molecular weight is 571 g/mol. The molecule has 0 aromatic rings. The molecular formula is C28H39ClO10. The van der Waals surface area contributed by atoms with Gasteiger partial charge in [0.15, 0.2) is 11.7 Å². The van der Waals surface area contributed by atoms with Crippen LogP contribution in [0.4, 0.5) is 0 Å². The molecule has 2 saturated heterocycles. The normalized spacial score (nSPS) is 43.7. The predicted octanol–water partition coefficient (Wildman–Crippen LogP) is 2.85. The van der Waals surface area contributed by atoms with Crippen molar-refractivity contribution in [3.63, 3.8) is 0 Å². The zero-order chi connectivity index (χ0) is 29.1. The van der Waals surface area contributed by atoms with Gasteiger partial charge in [0.25, 0.3) is 0 Å². The molecule has 0 radical (unpaired) electrons. The number of aliphatic hydroxyl groups is 1. The summed E-state index contributed by atoms with van der Waals surface area (Å²) in [6.07, 6.45) is -2.98. The highest BCUT2D eigenvalue weighted by Gasteiger charge is 2.75. The zero-order valence-electron chi connectivity index (χ0n) is 23.4. The molecule has 4 rings (SSSR count). The molecule has 2 aliphatic heterocycles. The number of alkyl halides is 1. The molecule has 10 atom stereocenters. The van der Waals surface area contributed by atoms with Gasteiger partial charge in [-0.05, 0) is 32.6 Å². The minimum Gasteiger partial charge on any atom is -0.462 e. The van der Waals surface area contributed by atoms with Crippen LogP contribution < -0.4 is 0 Å². The zero-order valence-corrected chi connectivity index (χ0v) is 24.1. The maximum Gasteiger partial charge on any atom is 0.312 e. The summed E-state index contributed by atoms with van der Waals surface area (Å²) in [5, 5.41) is 11.5. The van der Waals surface area contributed by atoms with Crippen molar-refractivity contribution in [2.24, 2.45) is 23.2 Å². The van der Waals surface area contributed by atoms with Crippen molar-refractivity contribution in [3.8, 4) is 0 Å². The molecule has 0 aromatic heterocycles. The van der Waals surface area contributed by atoms with Gasteiger partial charge in [-0.1, -0.05) is 32.9 Å². The monoisotopic (exact) mass is 570 g/mol. The lowest BCUT2D eigenvalue weighted by Crippen LogP contribution is -2.70. The number of esters is 4. The van der Waals surface area contributed by atoms with Crippen molar-refractivity contribution < 1.29 is 48.0 Å². The lowest BCUT2D eigenvalue weighted by atomic mass is 9.52. The minimum atomic E-state index is -2.09. The lowest BCUT2D eigenvalue weighted by Gasteiger charge is -2.57. The Kier molecular flexibility index (Phi) is 7.90. The number of rotatable bonds is 4. The molecule has 2 saturated carbocycles. The number of hydrogen-bond acceptors (Lipinski definition) is 10. The summed E-state index contributed by atoms with van der Waals surface area (Å²) in [4.78, 5) is 50.9. The van der Waals surface area contributed by atoms with E-state index < -0.39 is 88.0 Å². The molecular weight excluding hydrogens is 532 g/mol. The van der Waals surface area contributed by atoms with Crippen LogP contribution in [0.3, 0.4) is 0 Å². The van der Waals surface area contributed by atoms with Crippen LogP contribution in [0.2, 0.25) is 0 Å². The van der Waals surface area contributed by atoms with E-state index in [1.807, 2.05) is 6.92 Å². The van der Waals surface area contributed by atoms with Crippen LogP contribution in [0.15, 0.2) is 12.2 Å². The van der Waals surface area contributed by atoms with E-state index >= 15 is 0 Å². The summed E-state index contributed by atoms with van der Waals surface area (Å²) in [5.74, 6) is -4.84. The fourth-order valence-corrected chi connectivity index (χ4v) is 7.29. The van der Waals surface area contributed by atoms with Crippen molar-refractivity contribution in [1.29, 1.82) is 0 Å². The number of fused-ring (bicyclic) bond motifs is 3. The third-order valence-electron chi connectivity index (χ3n) is 9.19. The molecule has 39 heavy (non-hydrogen) atoms. The summed E-state index contributed by atoms with van der Waals surface area (Å²) in [6, 6.07) is 0. The fraction of sp³-hybridized carbons (Fsp3) is 0.786. The Balaban J connectivity index is 2.00. The Labute approximate surface area is 233 Å². The van der Waals surface area contributed by atoms with Crippen molar-refractivity contribution in [1.82, 2.24) is 0 Å². The number of halogens is 1. The van der Waals surface area contributed by atoms with Gasteiger partial charge in [-0.2, -0.15) is 0 Å².